The number of ether oxygens (including phenoxy) is 2. The molecule has 2 bridgehead atoms. The molecule has 6 nitrogen and oxygen atoms in total. The number of carbonyl (C=O) groups excluding carboxylic acids is 1. The van der Waals surface area contributed by atoms with Crippen molar-refractivity contribution >= 4 is 33.8 Å². The standard InChI is InChI=1S/C31H34ClN2O4S/c1-37-27-7-3-2-4-13-39(36)33-29(35)21-8-11-26-25(15-21)34(18-31-16-24(31)28(27)31)17-30(19-38-26)12-5-6-20-14-22(32)9-10-23(20)30/h3,7-11,14-15,24,27-28H,2,4-6,12-13,16-19H2,1H3/q-1/b7-3+/t24?,27-,28-,30-,31-/m0/s1. The molecule has 7 rings (SSSR count). The third kappa shape index (κ3) is 4.41. The zero-order valence-corrected chi connectivity index (χ0v) is 23.8. The molecule has 0 radical (unpaired) electrons. The molecule has 2 aromatic rings. The summed E-state index contributed by atoms with van der Waals surface area (Å²) in [6.07, 6.45) is 10.3. The van der Waals surface area contributed by atoms with E-state index in [1.807, 2.05) is 18.2 Å². The van der Waals surface area contributed by atoms with Crippen LogP contribution in [0.2, 0.25) is 5.02 Å². The maximum absolute atomic E-state index is 13.0. The van der Waals surface area contributed by atoms with Gasteiger partial charge in [0.1, 0.15) is 5.75 Å². The van der Waals surface area contributed by atoms with Gasteiger partial charge >= 0.3 is 0 Å². The van der Waals surface area contributed by atoms with Gasteiger partial charge in [-0.25, -0.2) is 0 Å². The number of benzene rings is 2. The van der Waals surface area contributed by atoms with Gasteiger partial charge in [-0.1, -0.05) is 42.0 Å². The lowest BCUT2D eigenvalue weighted by atomic mass is 9.70. The summed E-state index contributed by atoms with van der Waals surface area (Å²) < 4.78 is 29.1. The fourth-order valence-corrected chi connectivity index (χ4v) is 8.57. The van der Waals surface area contributed by atoms with Gasteiger partial charge in [-0.2, -0.15) is 10.6 Å². The number of nitrogens with zero attached hydrogens (tertiary/aromatic N) is 2. The van der Waals surface area contributed by atoms with E-state index in [-0.39, 0.29) is 16.9 Å². The number of carbonyl (C=O) groups is 1. The Balaban J connectivity index is 1.32. The molecule has 3 aliphatic carbocycles. The molecule has 8 heteroatoms. The molecular weight excluding hydrogens is 532 g/mol. The number of aryl methyl sites for hydroxylation is 1. The number of halogens is 1. The zero-order chi connectivity index (χ0) is 26.8. The lowest BCUT2D eigenvalue weighted by molar-refractivity contribution is 0.0964. The summed E-state index contributed by atoms with van der Waals surface area (Å²) in [5, 5.41) is 0.775. The first-order valence-corrected chi connectivity index (χ1v) is 15.7. The van der Waals surface area contributed by atoms with Crippen molar-refractivity contribution in [3.05, 3.63) is 70.3 Å². The van der Waals surface area contributed by atoms with Gasteiger partial charge in [0.05, 0.1) is 18.4 Å². The highest BCUT2D eigenvalue weighted by Gasteiger charge is 2.80. The number of amides is 1. The number of rotatable bonds is 1. The Labute approximate surface area is 236 Å². The van der Waals surface area contributed by atoms with E-state index < -0.39 is 16.5 Å². The van der Waals surface area contributed by atoms with Crippen molar-refractivity contribution in [2.24, 2.45) is 21.6 Å². The quantitative estimate of drug-likeness (QED) is 0.309. The van der Waals surface area contributed by atoms with E-state index in [2.05, 4.69) is 33.5 Å². The zero-order valence-electron chi connectivity index (χ0n) is 22.2. The molecule has 1 unspecified atom stereocenters. The predicted molar refractivity (Wildman–Crippen MR) is 153 cm³/mol. The summed E-state index contributed by atoms with van der Waals surface area (Å²) in [6.45, 7) is 2.29. The smallest absolute Gasteiger partial charge is 0.254 e. The van der Waals surface area contributed by atoms with E-state index in [9.17, 15) is 9.00 Å². The lowest BCUT2D eigenvalue weighted by Crippen LogP contribution is -2.47. The van der Waals surface area contributed by atoms with Gasteiger partial charge in [0.2, 0.25) is 0 Å². The molecule has 206 valence electrons. The van der Waals surface area contributed by atoms with Gasteiger partial charge in [-0.3, -0.25) is 4.79 Å². The van der Waals surface area contributed by atoms with Crippen molar-refractivity contribution in [2.75, 3.05) is 37.5 Å². The van der Waals surface area contributed by atoms with Crippen LogP contribution in [0.3, 0.4) is 0 Å². The number of hydrogen-bond acceptors (Lipinski definition) is 6. The van der Waals surface area contributed by atoms with Gasteiger partial charge in [-0.15, -0.1) is 0 Å². The molecule has 1 amide bonds. The molecule has 2 aliphatic heterocycles. The second kappa shape index (κ2) is 9.64. The Morgan fingerprint density at radius 2 is 2.08 bits per heavy atom. The minimum absolute atomic E-state index is 0.0916. The number of anilines is 1. The second-order valence-electron chi connectivity index (χ2n) is 12.0. The van der Waals surface area contributed by atoms with E-state index in [4.69, 9.17) is 21.1 Å². The summed E-state index contributed by atoms with van der Waals surface area (Å²) in [4.78, 5) is 15.5. The number of allylic oxidation sites excluding steroid dienone is 1. The number of fused-ring (bicyclic) bond motifs is 4. The fraction of sp³-hybridized carbons (Fsp3) is 0.516. The molecule has 39 heavy (non-hydrogen) atoms. The molecule has 0 saturated heterocycles. The van der Waals surface area contributed by atoms with Crippen LogP contribution in [-0.4, -0.2) is 44.6 Å². The molecular formula is C31H34ClN2O4S-. The Kier molecular flexibility index (Phi) is 6.33. The second-order valence-corrected chi connectivity index (χ2v) is 13.7. The topological polar surface area (TPSA) is 68.2 Å². The molecule has 0 aromatic heterocycles. The third-order valence-electron chi connectivity index (χ3n) is 9.76. The predicted octanol–water partition coefficient (Wildman–Crippen LogP) is 6.10. The van der Waals surface area contributed by atoms with Gasteiger partial charge < -0.3 is 22.9 Å². The average Bonchev–Trinajstić information content (AvgIpc) is 3.80. The summed E-state index contributed by atoms with van der Waals surface area (Å²) in [7, 11) is 0.256. The van der Waals surface area contributed by atoms with E-state index in [1.165, 1.54) is 17.5 Å². The van der Waals surface area contributed by atoms with Crippen LogP contribution in [0.1, 0.15) is 53.6 Å². The van der Waals surface area contributed by atoms with E-state index >= 15 is 0 Å². The van der Waals surface area contributed by atoms with Crippen molar-refractivity contribution in [3.8, 4) is 5.75 Å². The SMILES string of the molecule is CO[C@H]1/C=C/CCC[S-](=O)=NC(=O)c2ccc3c(c2)N(C[C@@]2(CCCc4cc(Cl)ccc42)CO3)C[C@@]23CC2[C@@H]13. The maximum Gasteiger partial charge on any atom is 0.254 e. The average molecular weight is 566 g/mol. The molecule has 2 heterocycles. The minimum atomic E-state index is -1.55. The van der Waals surface area contributed by atoms with Gasteiger partial charge in [0, 0.05) is 36.2 Å². The first kappa shape index (κ1) is 25.6. The highest BCUT2D eigenvalue weighted by Crippen LogP contribution is 2.81. The summed E-state index contributed by atoms with van der Waals surface area (Å²) in [5.74, 6) is 1.90. The minimum Gasteiger partial charge on any atom is -0.490 e. The molecule has 5 aliphatic rings. The lowest BCUT2D eigenvalue weighted by Gasteiger charge is -2.41. The van der Waals surface area contributed by atoms with Crippen molar-refractivity contribution in [2.45, 2.75) is 50.0 Å². The fourth-order valence-electron chi connectivity index (χ4n) is 7.58. The molecule has 2 aromatic carbocycles. The Morgan fingerprint density at radius 1 is 1.18 bits per heavy atom. The first-order valence-electron chi connectivity index (χ1n) is 14.1. The van der Waals surface area contributed by atoms with Crippen molar-refractivity contribution < 1.29 is 18.5 Å². The van der Waals surface area contributed by atoms with Crippen molar-refractivity contribution in [1.82, 2.24) is 0 Å². The van der Waals surface area contributed by atoms with Crippen LogP contribution in [0.5, 0.6) is 5.75 Å². The van der Waals surface area contributed by atoms with Gasteiger partial charge in [0.15, 0.2) is 0 Å². The van der Waals surface area contributed by atoms with E-state index in [0.29, 0.717) is 29.8 Å². The van der Waals surface area contributed by atoms with E-state index in [0.717, 1.165) is 61.7 Å². The Morgan fingerprint density at radius 3 is 2.92 bits per heavy atom. The summed E-state index contributed by atoms with van der Waals surface area (Å²) in [5.41, 5.74) is 4.10. The normalized spacial score (nSPS) is 34.6. The molecule has 2 saturated carbocycles. The summed E-state index contributed by atoms with van der Waals surface area (Å²) in [6, 6.07) is 11.9. The Bertz CT molecular complexity index is 1450. The van der Waals surface area contributed by atoms with Crippen LogP contribution in [0, 0.1) is 17.3 Å². The molecule has 2 fully saturated rings. The third-order valence-corrected chi connectivity index (χ3v) is 11.0. The molecule has 0 N–H and O–H groups in total. The number of methoxy groups -OCH3 is 1. The van der Waals surface area contributed by atoms with Crippen LogP contribution >= 0.6 is 11.6 Å². The van der Waals surface area contributed by atoms with Gasteiger partial charge in [-0.05, 0) is 90.8 Å². The van der Waals surface area contributed by atoms with Gasteiger partial charge in [0.25, 0.3) is 5.91 Å². The number of hydrogen-bond donors (Lipinski definition) is 0. The largest absolute Gasteiger partial charge is 0.490 e. The van der Waals surface area contributed by atoms with Crippen molar-refractivity contribution in [3.63, 3.8) is 0 Å². The maximum atomic E-state index is 13.0. The van der Waals surface area contributed by atoms with Crippen molar-refractivity contribution in [1.29, 1.82) is 0 Å². The highest BCUT2D eigenvalue weighted by molar-refractivity contribution is 7.75. The van der Waals surface area contributed by atoms with Crippen LogP contribution in [0.25, 0.3) is 0 Å². The van der Waals surface area contributed by atoms with Crippen LogP contribution < -0.4 is 9.64 Å². The van der Waals surface area contributed by atoms with E-state index in [1.54, 1.807) is 13.2 Å². The van der Waals surface area contributed by atoms with Crippen LogP contribution in [-0.2, 0) is 31.4 Å². The Hall–Kier alpha value is -2.35. The summed E-state index contributed by atoms with van der Waals surface area (Å²) >= 11 is 6.40. The van der Waals surface area contributed by atoms with Crippen LogP contribution in [0.15, 0.2) is 52.9 Å². The molecule has 5 atom stereocenters. The van der Waals surface area contributed by atoms with Crippen LogP contribution in [0.4, 0.5) is 5.69 Å². The molecule has 2 spiro atoms. The first-order chi connectivity index (χ1) is 18.9. The monoisotopic (exact) mass is 565 g/mol. The highest BCUT2D eigenvalue weighted by atomic mass is 35.5.